The van der Waals surface area contributed by atoms with Crippen LogP contribution in [0.5, 0.6) is 11.5 Å². The van der Waals surface area contributed by atoms with Crippen LogP contribution in [0.25, 0.3) is 6.08 Å². The second-order valence-electron chi connectivity index (χ2n) is 4.68. The molecule has 0 fully saturated rings. The molecule has 0 amide bonds. The van der Waals surface area contributed by atoms with E-state index in [1.165, 1.54) is 19.3 Å². The number of phenolic OH excluding ortho intramolecular Hbond substituents is 1. The lowest BCUT2D eigenvalue weighted by atomic mass is 10.1. The van der Waals surface area contributed by atoms with Crippen LogP contribution < -0.4 is 4.74 Å². The molecule has 0 aliphatic carbocycles. The van der Waals surface area contributed by atoms with Gasteiger partial charge in [0, 0.05) is 6.08 Å². The minimum Gasteiger partial charge on any atom is -0.504 e. The fraction of sp³-hybridized carbons (Fsp3) is 0.111. The first-order valence-corrected chi connectivity index (χ1v) is 6.83. The molecule has 0 unspecified atom stereocenters. The number of nitrogens with zero attached hydrogens (tertiary/aromatic N) is 1. The van der Waals surface area contributed by atoms with Crippen LogP contribution in [0.2, 0.25) is 0 Å². The van der Waals surface area contributed by atoms with Gasteiger partial charge in [-0.05, 0) is 41.5 Å². The summed E-state index contributed by atoms with van der Waals surface area (Å²) in [5.74, 6) is -0.118. The third-order valence-electron chi connectivity index (χ3n) is 3.08. The molecule has 0 aromatic heterocycles. The van der Waals surface area contributed by atoms with Crippen LogP contribution in [0.1, 0.15) is 16.7 Å². The molecule has 0 saturated carbocycles. The average Bonchev–Trinajstić information content (AvgIpc) is 2.59. The van der Waals surface area contributed by atoms with Gasteiger partial charge in [0.25, 0.3) is 0 Å². The van der Waals surface area contributed by atoms with Gasteiger partial charge in [0.1, 0.15) is 6.61 Å². The molecule has 0 aliphatic heterocycles. The number of phenols is 1. The third-order valence-corrected chi connectivity index (χ3v) is 3.08. The fourth-order valence-electron chi connectivity index (χ4n) is 1.84. The molecule has 0 spiro atoms. The molecule has 5 nitrogen and oxygen atoms in total. The van der Waals surface area contributed by atoms with Crippen molar-refractivity contribution in [2.75, 3.05) is 7.11 Å². The summed E-state index contributed by atoms with van der Waals surface area (Å²) in [5, 5.41) is 18.2. The average molecular weight is 309 g/mol. The molecule has 0 radical (unpaired) electrons. The van der Waals surface area contributed by atoms with Crippen LogP contribution in [0.4, 0.5) is 0 Å². The zero-order valence-corrected chi connectivity index (χ0v) is 12.5. The minimum absolute atomic E-state index is 0.0352. The molecular weight excluding hydrogens is 294 g/mol. The van der Waals surface area contributed by atoms with Gasteiger partial charge >= 0.3 is 5.97 Å². The highest BCUT2D eigenvalue weighted by molar-refractivity contribution is 5.87. The molecule has 5 heteroatoms. The molecule has 2 rings (SSSR count). The summed E-state index contributed by atoms with van der Waals surface area (Å²) in [6, 6.07) is 13.6. The van der Waals surface area contributed by atoms with Crippen LogP contribution in [-0.2, 0) is 16.1 Å². The number of benzene rings is 2. The third kappa shape index (κ3) is 4.61. The van der Waals surface area contributed by atoms with Gasteiger partial charge in [0.2, 0.25) is 0 Å². The van der Waals surface area contributed by atoms with E-state index in [4.69, 9.17) is 14.7 Å². The number of hydrogen-bond acceptors (Lipinski definition) is 5. The lowest BCUT2D eigenvalue weighted by Gasteiger charge is -2.04. The van der Waals surface area contributed by atoms with Crippen LogP contribution >= 0.6 is 0 Å². The molecule has 116 valence electrons. The lowest BCUT2D eigenvalue weighted by molar-refractivity contribution is -0.138. The topological polar surface area (TPSA) is 79.5 Å². The van der Waals surface area contributed by atoms with E-state index in [-0.39, 0.29) is 12.4 Å². The van der Waals surface area contributed by atoms with Crippen molar-refractivity contribution in [1.82, 2.24) is 0 Å². The maximum Gasteiger partial charge on any atom is 0.331 e. The van der Waals surface area contributed by atoms with E-state index in [9.17, 15) is 9.90 Å². The SMILES string of the molecule is COc1cc(/C=C/C(=O)OCc2ccc(C#N)cc2)ccc1O. The van der Waals surface area contributed by atoms with Crippen molar-refractivity contribution >= 4 is 12.0 Å². The van der Waals surface area contributed by atoms with E-state index in [1.807, 2.05) is 6.07 Å². The summed E-state index contributed by atoms with van der Waals surface area (Å²) in [4.78, 5) is 11.7. The minimum atomic E-state index is -0.485. The molecule has 0 saturated heterocycles. The highest BCUT2D eigenvalue weighted by Gasteiger charge is 2.02. The van der Waals surface area contributed by atoms with Crippen LogP contribution in [-0.4, -0.2) is 18.2 Å². The molecule has 0 aliphatic rings. The number of methoxy groups -OCH3 is 1. The standard InChI is InChI=1S/C18H15NO4/c1-22-17-10-13(6-8-16(17)20)7-9-18(21)23-12-15-4-2-14(11-19)3-5-15/h2-10,20H,12H2,1H3/b9-7+. The summed E-state index contributed by atoms with van der Waals surface area (Å²) in [6.45, 7) is 0.133. The molecular formula is C18H15NO4. The van der Waals surface area contributed by atoms with Crippen molar-refractivity contribution in [2.24, 2.45) is 0 Å². The molecule has 0 atom stereocenters. The Hall–Kier alpha value is -3.26. The van der Waals surface area contributed by atoms with E-state index in [0.29, 0.717) is 16.9 Å². The first-order valence-electron chi connectivity index (χ1n) is 6.83. The number of carbonyl (C=O) groups excluding carboxylic acids is 1. The van der Waals surface area contributed by atoms with Gasteiger partial charge in [-0.2, -0.15) is 5.26 Å². The fourth-order valence-corrected chi connectivity index (χ4v) is 1.84. The molecule has 0 heterocycles. The molecule has 0 bridgehead atoms. The number of ether oxygens (including phenoxy) is 2. The summed E-state index contributed by atoms with van der Waals surface area (Å²) in [7, 11) is 1.45. The van der Waals surface area contributed by atoms with Crippen molar-refractivity contribution in [3.05, 3.63) is 65.2 Å². The van der Waals surface area contributed by atoms with Gasteiger partial charge in [-0.1, -0.05) is 18.2 Å². The summed E-state index contributed by atoms with van der Waals surface area (Å²) in [5.41, 5.74) is 2.06. The number of rotatable bonds is 5. The highest BCUT2D eigenvalue weighted by Crippen LogP contribution is 2.26. The van der Waals surface area contributed by atoms with Crippen molar-refractivity contribution in [1.29, 1.82) is 5.26 Å². The maximum absolute atomic E-state index is 11.7. The second-order valence-corrected chi connectivity index (χ2v) is 4.68. The summed E-state index contributed by atoms with van der Waals surface area (Å²) >= 11 is 0. The Bertz CT molecular complexity index is 758. The molecule has 1 N–H and O–H groups in total. The van der Waals surface area contributed by atoms with E-state index in [0.717, 1.165) is 5.56 Å². The van der Waals surface area contributed by atoms with Crippen LogP contribution in [0.3, 0.4) is 0 Å². The zero-order valence-electron chi connectivity index (χ0n) is 12.5. The van der Waals surface area contributed by atoms with E-state index >= 15 is 0 Å². The number of aromatic hydroxyl groups is 1. The first kappa shape index (κ1) is 16.1. The van der Waals surface area contributed by atoms with E-state index < -0.39 is 5.97 Å². The Morgan fingerprint density at radius 2 is 2.00 bits per heavy atom. The van der Waals surface area contributed by atoms with Gasteiger partial charge < -0.3 is 14.6 Å². The van der Waals surface area contributed by atoms with Crippen molar-refractivity contribution in [3.8, 4) is 17.6 Å². The van der Waals surface area contributed by atoms with Crippen molar-refractivity contribution in [3.63, 3.8) is 0 Å². The Morgan fingerprint density at radius 3 is 2.65 bits per heavy atom. The molecule has 2 aromatic carbocycles. The predicted octanol–water partition coefficient (Wildman–Crippen LogP) is 3.03. The Balaban J connectivity index is 1.92. The van der Waals surface area contributed by atoms with Crippen LogP contribution in [0, 0.1) is 11.3 Å². The Labute approximate surface area is 134 Å². The maximum atomic E-state index is 11.7. The number of nitriles is 1. The monoisotopic (exact) mass is 309 g/mol. The van der Waals surface area contributed by atoms with Gasteiger partial charge in [-0.15, -0.1) is 0 Å². The Morgan fingerprint density at radius 1 is 1.26 bits per heavy atom. The predicted molar refractivity (Wildman–Crippen MR) is 84.6 cm³/mol. The second kappa shape index (κ2) is 7.66. The van der Waals surface area contributed by atoms with Crippen molar-refractivity contribution in [2.45, 2.75) is 6.61 Å². The van der Waals surface area contributed by atoms with Crippen molar-refractivity contribution < 1.29 is 19.4 Å². The van der Waals surface area contributed by atoms with Gasteiger partial charge in [0.15, 0.2) is 11.5 Å². The van der Waals surface area contributed by atoms with E-state index in [2.05, 4.69) is 0 Å². The largest absolute Gasteiger partial charge is 0.504 e. The normalized spacial score (nSPS) is 10.3. The molecule has 2 aromatic rings. The number of hydrogen-bond donors (Lipinski definition) is 1. The quantitative estimate of drug-likeness (QED) is 0.678. The van der Waals surface area contributed by atoms with E-state index in [1.54, 1.807) is 42.5 Å². The number of carbonyl (C=O) groups is 1. The van der Waals surface area contributed by atoms with Gasteiger partial charge in [0.05, 0.1) is 18.7 Å². The molecule has 23 heavy (non-hydrogen) atoms. The van der Waals surface area contributed by atoms with Crippen LogP contribution in [0.15, 0.2) is 48.5 Å². The smallest absolute Gasteiger partial charge is 0.331 e. The summed E-state index contributed by atoms with van der Waals surface area (Å²) < 4.78 is 10.1. The highest BCUT2D eigenvalue weighted by atomic mass is 16.5. The lowest BCUT2D eigenvalue weighted by Crippen LogP contribution is -2.00. The zero-order chi connectivity index (χ0) is 16.7. The Kier molecular flexibility index (Phi) is 5.37. The number of esters is 1. The first-order chi connectivity index (χ1) is 11.1. The van der Waals surface area contributed by atoms with Gasteiger partial charge in [-0.25, -0.2) is 4.79 Å². The van der Waals surface area contributed by atoms with Gasteiger partial charge in [-0.3, -0.25) is 0 Å². The summed E-state index contributed by atoms with van der Waals surface area (Å²) in [6.07, 6.45) is 2.87.